The molecule has 0 unspecified atom stereocenters. The van der Waals surface area contributed by atoms with Crippen LogP contribution in [0.4, 0.5) is 23.7 Å². The second-order valence-corrected chi connectivity index (χ2v) is 9.08. The molecular weight excluding hydrogens is 459 g/mol. The van der Waals surface area contributed by atoms with Crippen molar-refractivity contribution in [1.29, 1.82) is 0 Å². The summed E-state index contributed by atoms with van der Waals surface area (Å²) in [4.78, 5) is 29.0. The number of alkyl halides is 3. The van der Waals surface area contributed by atoms with Gasteiger partial charge in [-0.15, -0.1) is 0 Å². The Balaban J connectivity index is 1.26. The van der Waals surface area contributed by atoms with Gasteiger partial charge in [-0.2, -0.15) is 18.3 Å². The van der Waals surface area contributed by atoms with Crippen molar-refractivity contribution in [1.82, 2.24) is 19.4 Å². The molecular formula is C25H26F3N5O2. The molecule has 35 heavy (non-hydrogen) atoms. The molecule has 1 aromatic carbocycles. The predicted molar refractivity (Wildman–Crippen MR) is 124 cm³/mol. The van der Waals surface area contributed by atoms with Crippen molar-refractivity contribution in [2.75, 3.05) is 31.5 Å². The Labute approximate surface area is 200 Å². The van der Waals surface area contributed by atoms with Crippen LogP contribution in [0.25, 0.3) is 5.52 Å². The number of carbonyl (C=O) groups excluding carboxylic acids is 2. The van der Waals surface area contributed by atoms with Gasteiger partial charge in [0.05, 0.1) is 28.5 Å². The molecule has 0 spiro atoms. The predicted octanol–water partition coefficient (Wildman–Crippen LogP) is 5.00. The van der Waals surface area contributed by atoms with Crippen LogP contribution in [0.2, 0.25) is 0 Å². The van der Waals surface area contributed by atoms with Gasteiger partial charge in [0.1, 0.15) is 0 Å². The summed E-state index contributed by atoms with van der Waals surface area (Å²) in [6, 6.07) is 8.41. The first-order valence-corrected chi connectivity index (χ1v) is 11.8. The minimum Gasteiger partial charge on any atom is -0.339 e. The molecule has 0 radical (unpaired) electrons. The van der Waals surface area contributed by atoms with E-state index in [9.17, 15) is 22.8 Å². The van der Waals surface area contributed by atoms with Gasteiger partial charge < -0.3 is 15.1 Å². The van der Waals surface area contributed by atoms with Gasteiger partial charge in [0.2, 0.25) is 0 Å². The molecule has 1 N–H and O–H groups in total. The van der Waals surface area contributed by atoms with Gasteiger partial charge >= 0.3 is 12.2 Å². The first-order chi connectivity index (χ1) is 16.8. The normalized spacial score (nSPS) is 17.2. The zero-order valence-electron chi connectivity index (χ0n) is 19.1. The van der Waals surface area contributed by atoms with Crippen LogP contribution >= 0.6 is 0 Å². The van der Waals surface area contributed by atoms with Crippen LogP contribution in [0.5, 0.6) is 0 Å². The van der Waals surface area contributed by atoms with Crippen LogP contribution in [-0.2, 0) is 6.18 Å². The number of halogens is 3. The number of rotatable bonds is 3. The lowest BCUT2D eigenvalue weighted by atomic mass is 9.89. The van der Waals surface area contributed by atoms with Crippen LogP contribution < -0.4 is 5.32 Å². The average molecular weight is 486 g/mol. The Morgan fingerprint density at radius 2 is 1.69 bits per heavy atom. The summed E-state index contributed by atoms with van der Waals surface area (Å²) in [6.45, 7) is 2.39. The molecule has 2 aliphatic heterocycles. The van der Waals surface area contributed by atoms with Gasteiger partial charge in [-0.3, -0.25) is 4.79 Å². The lowest BCUT2D eigenvalue weighted by Gasteiger charge is -2.32. The summed E-state index contributed by atoms with van der Waals surface area (Å²) in [7, 11) is 0. The molecule has 2 aromatic heterocycles. The number of pyridine rings is 1. The molecule has 2 saturated heterocycles. The van der Waals surface area contributed by atoms with Crippen molar-refractivity contribution < 1.29 is 22.8 Å². The fourth-order valence-corrected chi connectivity index (χ4v) is 4.96. The van der Waals surface area contributed by atoms with Crippen molar-refractivity contribution >= 4 is 23.1 Å². The summed E-state index contributed by atoms with van der Waals surface area (Å²) in [6.07, 6.45) is 2.30. The van der Waals surface area contributed by atoms with Crippen molar-refractivity contribution in [2.24, 2.45) is 0 Å². The number of aromatic nitrogens is 2. The minimum atomic E-state index is -4.54. The molecule has 2 fully saturated rings. The molecule has 0 saturated carbocycles. The third-order valence-corrected chi connectivity index (χ3v) is 6.90. The number of likely N-dealkylation sites (tertiary alicyclic amines) is 2. The van der Waals surface area contributed by atoms with E-state index in [0.29, 0.717) is 31.5 Å². The molecule has 3 aromatic rings. The van der Waals surface area contributed by atoms with E-state index in [-0.39, 0.29) is 17.5 Å². The van der Waals surface area contributed by atoms with E-state index in [1.165, 1.54) is 18.2 Å². The Morgan fingerprint density at radius 1 is 0.971 bits per heavy atom. The summed E-state index contributed by atoms with van der Waals surface area (Å²) in [5.74, 6) is 0.177. The van der Waals surface area contributed by atoms with Crippen molar-refractivity contribution in [3.63, 3.8) is 0 Å². The number of nitrogens with zero attached hydrogens (tertiary/aromatic N) is 4. The van der Waals surface area contributed by atoms with Crippen molar-refractivity contribution in [3.8, 4) is 0 Å². The molecule has 5 rings (SSSR count). The Morgan fingerprint density at radius 3 is 2.40 bits per heavy atom. The molecule has 7 nitrogen and oxygen atoms in total. The number of hydrogen-bond acceptors (Lipinski definition) is 3. The molecule has 3 amide bonds. The second-order valence-electron chi connectivity index (χ2n) is 9.08. The number of carbonyl (C=O) groups is 2. The third kappa shape index (κ3) is 4.69. The van der Waals surface area contributed by atoms with Crippen LogP contribution in [0, 0.1) is 0 Å². The Bertz CT molecular complexity index is 1240. The van der Waals surface area contributed by atoms with Gasteiger partial charge in [0, 0.05) is 32.4 Å². The molecule has 184 valence electrons. The van der Waals surface area contributed by atoms with Gasteiger partial charge in [0.15, 0.2) is 0 Å². The summed E-state index contributed by atoms with van der Waals surface area (Å²) < 4.78 is 41.4. The highest BCUT2D eigenvalue weighted by molar-refractivity contribution is 6.00. The van der Waals surface area contributed by atoms with Crippen molar-refractivity contribution in [3.05, 3.63) is 65.5 Å². The van der Waals surface area contributed by atoms with E-state index in [2.05, 4.69) is 10.4 Å². The zero-order chi connectivity index (χ0) is 24.6. The number of urea groups is 1. The minimum absolute atomic E-state index is 0.000258. The third-order valence-electron chi connectivity index (χ3n) is 6.90. The summed E-state index contributed by atoms with van der Waals surface area (Å²) in [5, 5.41) is 6.75. The largest absolute Gasteiger partial charge is 0.418 e. The zero-order valence-corrected chi connectivity index (χ0v) is 19.1. The van der Waals surface area contributed by atoms with E-state index in [1.807, 2.05) is 23.2 Å². The topological polar surface area (TPSA) is 70.0 Å². The van der Waals surface area contributed by atoms with E-state index >= 15 is 0 Å². The number of hydrogen-bond donors (Lipinski definition) is 1. The molecule has 2 aliphatic rings. The maximum atomic E-state index is 13.2. The van der Waals surface area contributed by atoms with E-state index < -0.39 is 17.8 Å². The number of piperidine rings is 1. The SMILES string of the molecule is O=C(Nc1ccccc1C(F)(F)F)N1CCC(c2ccn3ncc(C(=O)N4CCCC4)c3c2)CC1. The summed E-state index contributed by atoms with van der Waals surface area (Å²) in [5.41, 5.74) is 1.32. The van der Waals surface area contributed by atoms with Crippen LogP contribution in [0.15, 0.2) is 48.8 Å². The smallest absolute Gasteiger partial charge is 0.339 e. The van der Waals surface area contributed by atoms with E-state index in [1.54, 1.807) is 15.6 Å². The number of para-hydroxylation sites is 1. The lowest BCUT2D eigenvalue weighted by Crippen LogP contribution is -2.40. The lowest BCUT2D eigenvalue weighted by molar-refractivity contribution is -0.136. The van der Waals surface area contributed by atoms with E-state index in [0.717, 1.165) is 43.1 Å². The highest BCUT2D eigenvalue weighted by Crippen LogP contribution is 2.35. The van der Waals surface area contributed by atoms with Crippen LogP contribution in [0.1, 0.15) is 53.1 Å². The maximum absolute atomic E-state index is 13.2. The second kappa shape index (κ2) is 9.24. The van der Waals surface area contributed by atoms with Gasteiger partial charge in [-0.05, 0) is 61.4 Å². The first-order valence-electron chi connectivity index (χ1n) is 11.8. The standard InChI is InChI=1S/C25H26F3N5O2/c26-25(27,28)20-5-1-2-6-21(20)30-24(35)32-12-7-17(8-13-32)18-9-14-33-22(15-18)19(16-29-33)23(34)31-10-3-4-11-31/h1-2,5-6,9,14-17H,3-4,7-8,10-13H2,(H,30,35). The first kappa shape index (κ1) is 23.2. The van der Waals surface area contributed by atoms with Crippen LogP contribution in [-0.4, -0.2) is 57.5 Å². The van der Waals surface area contributed by atoms with Gasteiger partial charge in [-0.1, -0.05) is 12.1 Å². The van der Waals surface area contributed by atoms with Gasteiger partial charge in [-0.25, -0.2) is 9.31 Å². The fraction of sp³-hybridized carbons (Fsp3) is 0.400. The Kier molecular flexibility index (Phi) is 6.12. The van der Waals surface area contributed by atoms with Crippen LogP contribution in [0.3, 0.4) is 0 Å². The average Bonchev–Trinajstić information content (AvgIpc) is 3.53. The molecule has 0 aliphatic carbocycles. The molecule has 0 atom stereocenters. The molecule has 10 heteroatoms. The fourth-order valence-electron chi connectivity index (χ4n) is 4.96. The van der Waals surface area contributed by atoms with Gasteiger partial charge in [0.25, 0.3) is 5.91 Å². The highest BCUT2D eigenvalue weighted by Gasteiger charge is 2.34. The summed E-state index contributed by atoms with van der Waals surface area (Å²) >= 11 is 0. The van der Waals surface area contributed by atoms with E-state index in [4.69, 9.17) is 0 Å². The Hall–Kier alpha value is -3.56. The number of benzene rings is 1. The molecule has 0 bridgehead atoms. The molecule has 4 heterocycles. The number of amides is 3. The highest BCUT2D eigenvalue weighted by atomic mass is 19.4. The number of anilines is 1. The maximum Gasteiger partial charge on any atom is 0.418 e. The number of fused-ring (bicyclic) bond motifs is 1. The van der Waals surface area contributed by atoms with Crippen molar-refractivity contribution in [2.45, 2.75) is 37.8 Å². The number of nitrogens with one attached hydrogen (secondary N) is 1. The quantitative estimate of drug-likeness (QED) is 0.568. The monoisotopic (exact) mass is 485 g/mol.